The van der Waals surface area contributed by atoms with Gasteiger partial charge < -0.3 is 16.4 Å². The molecular weight excluding hydrogens is 333 g/mol. The van der Waals surface area contributed by atoms with Gasteiger partial charge in [0.05, 0.1) is 16.4 Å². The van der Waals surface area contributed by atoms with Crippen molar-refractivity contribution >= 4 is 53.1 Å². The second-order valence-electron chi connectivity index (χ2n) is 4.53. The fourth-order valence-corrected chi connectivity index (χ4v) is 2.64. The third-order valence-corrected chi connectivity index (χ3v) is 3.68. The number of nitrogen functional groups attached to an aromatic ring is 1. The van der Waals surface area contributed by atoms with Crippen molar-refractivity contribution in [1.29, 1.82) is 0 Å². The van der Waals surface area contributed by atoms with Gasteiger partial charge in [0, 0.05) is 30.1 Å². The molecule has 1 aromatic carbocycles. The zero-order chi connectivity index (χ0) is 14.1. The molecule has 0 fully saturated rings. The topological polar surface area (TPSA) is 75.9 Å². The number of benzene rings is 1. The summed E-state index contributed by atoms with van der Waals surface area (Å²) in [5, 5.41) is 7.63. The quantitative estimate of drug-likeness (QED) is 0.778. The lowest BCUT2D eigenvalue weighted by atomic mass is 10.1. The van der Waals surface area contributed by atoms with Crippen LogP contribution in [0.5, 0.6) is 0 Å². The summed E-state index contributed by atoms with van der Waals surface area (Å²) in [6, 6.07) is 5.26. The first-order valence-corrected chi connectivity index (χ1v) is 6.97. The molecule has 21 heavy (non-hydrogen) atoms. The summed E-state index contributed by atoms with van der Waals surface area (Å²) < 4.78 is 0. The highest BCUT2D eigenvalue weighted by Crippen LogP contribution is 2.30. The number of halogens is 3. The van der Waals surface area contributed by atoms with Crippen LogP contribution >= 0.6 is 35.6 Å². The van der Waals surface area contributed by atoms with Crippen molar-refractivity contribution < 1.29 is 0 Å². The molecule has 8 heteroatoms. The largest absolute Gasteiger partial charge is 0.368 e. The summed E-state index contributed by atoms with van der Waals surface area (Å²) in [5.41, 5.74) is 8.50. The van der Waals surface area contributed by atoms with Gasteiger partial charge in [0.15, 0.2) is 0 Å². The number of nitrogens with two attached hydrogens (primary N) is 1. The molecule has 5 nitrogen and oxygen atoms in total. The van der Waals surface area contributed by atoms with Crippen molar-refractivity contribution in [3.05, 3.63) is 39.5 Å². The molecule has 4 N–H and O–H groups in total. The van der Waals surface area contributed by atoms with E-state index in [0.29, 0.717) is 22.4 Å². The lowest BCUT2D eigenvalue weighted by Crippen LogP contribution is -2.26. The first-order valence-electron chi connectivity index (χ1n) is 6.21. The van der Waals surface area contributed by atoms with Gasteiger partial charge >= 0.3 is 0 Å². The minimum Gasteiger partial charge on any atom is -0.368 e. The van der Waals surface area contributed by atoms with Crippen LogP contribution in [0.4, 0.5) is 17.5 Å². The second-order valence-corrected chi connectivity index (χ2v) is 5.38. The minimum absolute atomic E-state index is 0. The predicted molar refractivity (Wildman–Crippen MR) is 88.8 cm³/mol. The van der Waals surface area contributed by atoms with Crippen molar-refractivity contribution in [3.63, 3.8) is 0 Å². The predicted octanol–water partition coefficient (Wildman–Crippen LogP) is 3.18. The number of fused-ring (bicyclic) bond motifs is 1. The maximum Gasteiger partial charge on any atom is 0.222 e. The van der Waals surface area contributed by atoms with Crippen LogP contribution in [0.25, 0.3) is 0 Å². The smallest absolute Gasteiger partial charge is 0.222 e. The fourth-order valence-electron chi connectivity index (χ4n) is 2.18. The summed E-state index contributed by atoms with van der Waals surface area (Å²) >= 11 is 12.1. The molecule has 0 amide bonds. The molecule has 0 atom stereocenters. The van der Waals surface area contributed by atoms with E-state index in [9.17, 15) is 0 Å². The summed E-state index contributed by atoms with van der Waals surface area (Å²) in [5.74, 6) is 0.946. The minimum atomic E-state index is 0. The van der Waals surface area contributed by atoms with E-state index in [4.69, 9.17) is 28.9 Å². The van der Waals surface area contributed by atoms with Gasteiger partial charge in [-0.15, -0.1) is 12.4 Å². The van der Waals surface area contributed by atoms with E-state index < -0.39 is 0 Å². The molecule has 0 aliphatic carbocycles. The first kappa shape index (κ1) is 16.1. The summed E-state index contributed by atoms with van der Waals surface area (Å²) in [4.78, 5) is 8.55. The van der Waals surface area contributed by atoms with Gasteiger partial charge in [0.25, 0.3) is 0 Å². The second kappa shape index (κ2) is 6.66. The van der Waals surface area contributed by atoms with Crippen LogP contribution in [0.15, 0.2) is 18.2 Å². The van der Waals surface area contributed by atoms with E-state index in [-0.39, 0.29) is 18.4 Å². The number of aromatic nitrogens is 2. The Morgan fingerprint density at radius 2 is 2.05 bits per heavy atom. The first-order chi connectivity index (χ1) is 9.63. The Kier molecular flexibility index (Phi) is 5.11. The number of hydrogen-bond acceptors (Lipinski definition) is 5. The number of nitrogens with one attached hydrogen (secondary N) is 2. The highest BCUT2D eigenvalue weighted by molar-refractivity contribution is 6.36. The third-order valence-electron chi connectivity index (χ3n) is 3.13. The van der Waals surface area contributed by atoms with Gasteiger partial charge in [0.1, 0.15) is 5.82 Å². The Labute approximate surface area is 138 Å². The lowest BCUT2D eigenvalue weighted by molar-refractivity contribution is 0.629. The van der Waals surface area contributed by atoms with Crippen LogP contribution in [-0.2, 0) is 13.0 Å². The van der Waals surface area contributed by atoms with Gasteiger partial charge in [-0.25, -0.2) is 4.98 Å². The maximum absolute atomic E-state index is 6.17. The van der Waals surface area contributed by atoms with Crippen LogP contribution in [0, 0.1) is 0 Å². The van der Waals surface area contributed by atoms with E-state index in [2.05, 4.69) is 20.6 Å². The lowest BCUT2D eigenvalue weighted by Gasteiger charge is -2.20. The van der Waals surface area contributed by atoms with E-state index >= 15 is 0 Å². The monoisotopic (exact) mass is 345 g/mol. The van der Waals surface area contributed by atoms with Crippen LogP contribution in [0.2, 0.25) is 10.0 Å². The molecule has 0 radical (unpaired) electrons. The van der Waals surface area contributed by atoms with Crippen LogP contribution in [0.3, 0.4) is 0 Å². The Morgan fingerprint density at radius 1 is 1.24 bits per heavy atom. The van der Waals surface area contributed by atoms with Crippen molar-refractivity contribution in [3.8, 4) is 0 Å². The molecule has 2 heterocycles. The number of hydrogen-bond donors (Lipinski definition) is 3. The van der Waals surface area contributed by atoms with E-state index in [1.54, 1.807) is 12.1 Å². The molecule has 0 unspecified atom stereocenters. The molecule has 0 bridgehead atoms. The molecule has 112 valence electrons. The Morgan fingerprint density at radius 3 is 2.81 bits per heavy atom. The van der Waals surface area contributed by atoms with Gasteiger partial charge in [-0.05, 0) is 18.2 Å². The van der Waals surface area contributed by atoms with Crippen LogP contribution in [0.1, 0.15) is 11.3 Å². The SMILES string of the molecule is Cl.Nc1nc2c(c(Nc3ccc(Cl)cc3Cl)n1)CNCC2. The molecule has 0 saturated carbocycles. The molecule has 1 aliphatic heterocycles. The number of anilines is 3. The molecule has 1 aliphatic rings. The number of rotatable bonds is 2. The summed E-state index contributed by atoms with van der Waals surface area (Å²) in [6.07, 6.45) is 0.838. The van der Waals surface area contributed by atoms with Gasteiger partial charge in [0.2, 0.25) is 5.95 Å². The molecule has 1 aromatic heterocycles. The van der Waals surface area contributed by atoms with Gasteiger partial charge in [-0.1, -0.05) is 23.2 Å². The van der Waals surface area contributed by atoms with E-state index in [1.165, 1.54) is 0 Å². The van der Waals surface area contributed by atoms with E-state index in [0.717, 1.165) is 29.9 Å². The van der Waals surface area contributed by atoms with Gasteiger partial charge in [-0.3, -0.25) is 0 Å². The Balaban J connectivity index is 0.00000161. The van der Waals surface area contributed by atoms with Crippen LogP contribution in [-0.4, -0.2) is 16.5 Å². The molecule has 0 saturated heterocycles. The molecule has 0 spiro atoms. The third kappa shape index (κ3) is 3.49. The Hall–Kier alpha value is -1.27. The van der Waals surface area contributed by atoms with Crippen LogP contribution < -0.4 is 16.4 Å². The fraction of sp³-hybridized carbons (Fsp3) is 0.231. The number of nitrogens with zero attached hydrogens (tertiary/aromatic N) is 2. The molecule has 3 rings (SSSR count). The standard InChI is InChI=1S/C13H13Cl2N5.ClH/c14-7-1-2-11(9(15)5-7)18-12-8-6-17-4-3-10(8)19-13(16)20-12;/h1-2,5,17H,3-4,6H2,(H3,16,18,19,20);1H. The molecule has 2 aromatic rings. The molecular formula is C13H14Cl3N5. The average Bonchev–Trinajstić information content (AvgIpc) is 2.41. The normalized spacial score (nSPS) is 13.2. The zero-order valence-electron chi connectivity index (χ0n) is 11.0. The summed E-state index contributed by atoms with van der Waals surface area (Å²) in [6.45, 7) is 1.60. The summed E-state index contributed by atoms with van der Waals surface area (Å²) in [7, 11) is 0. The Bertz CT molecular complexity index is 662. The van der Waals surface area contributed by atoms with Crippen molar-refractivity contribution in [1.82, 2.24) is 15.3 Å². The highest BCUT2D eigenvalue weighted by atomic mass is 35.5. The average molecular weight is 347 g/mol. The zero-order valence-corrected chi connectivity index (χ0v) is 13.3. The highest BCUT2D eigenvalue weighted by Gasteiger charge is 2.17. The maximum atomic E-state index is 6.17. The van der Waals surface area contributed by atoms with Gasteiger partial charge in [-0.2, -0.15) is 4.98 Å². The van der Waals surface area contributed by atoms with Crippen molar-refractivity contribution in [2.75, 3.05) is 17.6 Å². The van der Waals surface area contributed by atoms with E-state index in [1.807, 2.05) is 6.07 Å². The van der Waals surface area contributed by atoms with Crippen molar-refractivity contribution in [2.24, 2.45) is 0 Å². The van der Waals surface area contributed by atoms with Crippen molar-refractivity contribution in [2.45, 2.75) is 13.0 Å².